The third-order valence-corrected chi connectivity index (χ3v) is 7.59. The second-order valence-electron chi connectivity index (χ2n) is 10.1. The first-order valence-corrected chi connectivity index (χ1v) is 13.2. The first kappa shape index (κ1) is 26.4. The topological polar surface area (TPSA) is 93.0 Å². The summed E-state index contributed by atoms with van der Waals surface area (Å²) in [6, 6.07) is 12.9. The molecule has 38 heavy (non-hydrogen) atoms. The Labute approximate surface area is 227 Å². The minimum Gasteiger partial charge on any atom is -0.490 e. The van der Waals surface area contributed by atoms with Crippen molar-refractivity contribution in [1.82, 2.24) is 29.7 Å². The second kappa shape index (κ2) is 11.3. The molecule has 0 N–H and O–H groups in total. The third-order valence-electron chi connectivity index (χ3n) is 7.17. The fourth-order valence-electron chi connectivity index (χ4n) is 4.86. The van der Waals surface area contributed by atoms with Gasteiger partial charge in [0, 0.05) is 37.7 Å². The molecule has 2 saturated heterocycles. The monoisotopic (exact) mass is 540 g/mol. The molecular formula is C27H33ClN6O4. The zero-order chi connectivity index (χ0) is 26.7. The summed E-state index contributed by atoms with van der Waals surface area (Å²) in [7, 11) is 2.05. The van der Waals surface area contributed by atoms with Crippen LogP contribution in [0.4, 0.5) is 0 Å². The van der Waals surface area contributed by atoms with Crippen molar-refractivity contribution in [2.45, 2.75) is 25.5 Å². The van der Waals surface area contributed by atoms with Crippen LogP contribution >= 0.6 is 11.6 Å². The summed E-state index contributed by atoms with van der Waals surface area (Å²) in [4.78, 5) is 33.9. The maximum atomic E-state index is 13.4. The first-order chi connectivity index (χ1) is 18.3. The number of piperazine rings is 1. The quantitative estimate of drug-likeness (QED) is 0.454. The Morgan fingerprint density at radius 1 is 1.00 bits per heavy atom. The van der Waals surface area contributed by atoms with E-state index in [4.69, 9.17) is 21.1 Å². The zero-order valence-corrected chi connectivity index (χ0v) is 22.6. The van der Waals surface area contributed by atoms with Crippen LogP contribution in [-0.4, -0.2) is 107 Å². The average Bonchev–Trinajstić information content (AvgIpc) is 3.32. The van der Waals surface area contributed by atoms with Crippen molar-refractivity contribution in [3.63, 3.8) is 0 Å². The van der Waals surface area contributed by atoms with Gasteiger partial charge in [-0.2, -0.15) is 15.0 Å². The average molecular weight is 541 g/mol. The van der Waals surface area contributed by atoms with E-state index >= 15 is 0 Å². The Bertz CT molecular complexity index is 1270. The van der Waals surface area contributed by atoms with Crippen LogP contribution in [0.2, 0.25) is 5.02 Å². The number of aromatic nitrogens is 3. The summed E-state index contributed by atoms with van der Waals surface area (Å²) in [6.45, 7) is 6.00. The lowest BCUT2D eigenvalue weighted by molar-refractivity contribution is -0.167. The number of ether oxygens (including phenoxy) is 2. The van der Waals surface area contributed by atoms with Crippen LogP contribution in [0.5, 0.6) is 5.75 Å². The Hall–Kier alpha value is -3.21. The molecule has 5 rings (SSSR count). The number of hydrogen-bond donors (Lipinski definition) is 0. The van der Waals surface area contributed by atoms with Gasteiger partial charge in [0.25, 0.3) is 0 Å². The van der Waals surface area contributed by atoms with Gasteiger partial charge in [0.05, 0.1) is 19.6 Å². The smallest absolute Gasteiger partial charge is 0.246 e. The van der Waals surface area contributed by atoms with E-state index in [2.05, 4.69) is 22.1 Å². The molecule has 2 aromatic carbocycles. The Morgan fingerprint density at radius 2 is 1.71 bits per heavy atom. The fraction of sp³-hybridized carbons (Fsp3) is 0.481. The molecule has 2 amide bonds. The number of carbonyl (C=O) groups excluding carboxylic acids is 2. The molecule has 3 aromatic rings. The van der Waals surface area contributed by atoms with Crippen molar-refractivity contribution in [1.29, 1.82) is 0 Å². The normalized spacial score (nSPS) is 20.6. The third kappa shape index (κ3) is 6.09. The molecule has 1 aromatic heterocycles. The standard InChI is InChI=1S/C27H33ClN6O4/c1-20-15-21(7-8-22(20)28)37-19-27(16-25(35)32-11-9-31(2)10-12-32)18-33(13-14-38-27)26(36)17-34-29-23-5-3-4-6-24(23)30-34/h3-8,15H,9-14,16-19H2,1-2H3. The number of fused-ring (bicyclic) bond motifs is 1. The molecule has 3 heterocycles. The van der Waals surface area contributed by atoms with Crippen molar-refractivity contribution in [3.8, 4) is 5.75 Å². The number of morpholine rings is 1. The van der Waals surface area contributed by atoms with Gasteiger partial charge in [-0.3, -0.25) is 9.59 Å². The highest BCUT2D eigenvalue weighted by molar-refractivity contribution is 6.31. The number of hydrogen-bond acceptors (Lipinski definition) is 7. The lowest BCUT2D eigenvalue weighted by Gasteiger charge is -2.43. The van der Waals surface area contributed by atoms with Crippen LogP contribution in [0, 0.1) is 6.92 Å². The summed E-state index contributed by atoms with van der Waals surface area (Å²) in [5.41, 5.74) is 1.39. The zero-order valence-electron chi connectivity index (χ0n) is 21.8. The largest absolute Gasteiger partial charge is 0.490 e. The van der Waals surface area contributed by atoms with E-state index in [1.807, 2.05) is 42.2 Å². The number of halogens is 1. The molecule has 10 nitrogen and oxygen atoms in total. The molecular weight excluding hydrogens is 508 g/mol. The number of nitrogens with zero attached hydrogens (tertiary/aromatic N) is 6. The molecule has 2 aliphatic rings. The number of aryl methyl sites for hydroxylation is 1. The van der Waals surface area contributed by atoms with Crippen LogP contribution in [-0.2, 0) is 20.9 Å². The highest BCUT2D eigenvalue weighted by atomic mass is 35.5. The van der Waals surface area contributed by atoms with E-state index in [9.17, 15) is 9.59 Å². The van der Waals surface area contributed by atoms with Crippen LogP contribution in [0.3, 0.4) is 0 Å². The predicted molar refractivity (Wildman–Crippen MR) is 143 cm³/mol. The van der Waals surface area contributed by atoms with Crippen molar-refractivity contribution in [3.05, 3.63) is 53.1 Å². The van der Waals surface area contributed by atoms with Crippen LogP contribution < -0.4 is 4.74 Å². The summed E-state index contributed by atoms with van der Waals surface area (Å²) < 4.78 is 12.4. The molecule has 2 fully saturated rings. The lowest BCUT2D eigenvalue weighted by atomic mass is 9.96. The summed E-state index contributed by atoms with van der Waals surface area (Å²) >= 11 is 6.18. The van der Waals surface area contributed by atoms with E-state index in [0.717, 1.165) is 29.7 Å². The predicted octanol–water partition coefficient (Wildman–Crippen LogP) is 2.23. The molecule has 0 saturated carbocycles. The minimum atomic E-state index is -0.982. The highest BCUT2D eigenvalue weighted by Gasteiger charge is 2.42. The molecule has 1 atom stereocenters. The molecule has 202 valence electrons. The van der Waals surface area contributed by atoms with Crippen LogP contribution in [0.1, 0.15) is 12.0 Å². The first-order valence-electron chi connectivity index (χ1n) is 12.9. The van der Waals surface area contributed by atoms with Gasteiger partial charge in [0.1, 0.15) is 35.5 Å². The van der Waals surface area contributed by atoms with Gasteiger partial charge in [-0.25, -0.2) is 0 Å². The van der Waals surface area contributed by atoms with E-state index in [0.29, 0.717) is 37.0 Å². The lowest BCUT2D eigenvalue weighted by Crippen LogP contribution is -2.59. The fourth-order valence-corrected chi connectivity index (χ4v) is 4.98. The Balaban J connectivity index is 1.32. The van der Waals surface area contributed by atoms with E-state index in [-0.39, 0.29) is 37.9 Å². The number of likely N-dealkylation sites (N-methyl/N-ethyl adjacent to an activating group) is 1. The van der Waals surface area contributed by atoms with E-state index < -0.39 is 5.60 Å². The van der Waals surface area contributed by atoms with Gasteiger partial charge in [-0.15, -0.1) is 0 Å². The molecule has 0 radical (unpaired) electrons. The highest BCUT2D eigenvalue weighted by Crippen LogP contribution is 2.27. The Morgan fingerprint density at radius 3 is 2.39 bits per heavy atom. The van der Waals surface area contributed by atoms with Crippen molar-refractivity contribution >= 4 is 34.4 Å². The molecule has 0 aliphatic carbocycles. The second-order valence-corrected chi connectivity index (χ2v) is 10.5. The number of carbonyl (C=O) groups is 2. The minimum absolute atomic E-state index is 0.00304. The van der Waals surface area contributed by atoms with Gasteiger partial charge >= 0.3 is 0 Å². The van der Waals surface area contributed by atoms with E-state index in [1.54, 1.807) is 17.0 Å². The van der Waals surface area contributed by atoms with Gasteiger partial charge < -0.3 is 24.2 Å². The molecule has 0 bridgehead atoms. The van der Waals surface area contributed by atoms with Crippen molar-refractivity contribution < 1.29 is 19.1 Å². The number of rotatable bonds is 7. The number of benzene rings is 2. The van der Waals surface area contributed by atoms with Gasteiger partial charge in [-0.1, -0.05) is 23.7 Å². The van der Waals surface area contributed by atoms with Crippen molar-refractivity contribution in [2.75, 3.05) is 59.5 Å². The summed E-state index contributed by atoms with van der Waals surface area (Å²) in [6.07, 6.45) is 0.122. The van der Waals surface area contributed by atoms with Crippen LogP contribution in [0.25, 0.3) is 11.0 Å². The van der Waals surface area contributed by atoms with E-state index in [1.165, 1.54) is 4.80 Å². The van der Waals surface area contributed by atoms with Gasteiger partial charge in [-0.05, 0) is 49.9 Å². The molecule has 11 heteroatoms. The molecule has 2 aliphatic heterocycles. The Kier molecular flexibility index (Phi) is 7.83. The molecule has 0 spiro atoms. The van der Waals surface area contributed by atoms with Crippen LogP contribution in [0.15, 0.2) is 42.5 Å². The van der Waals surface area contributed by atoms with Crippen molar-refractivity contribution in [2.24, 2.45) is 0 Å². The summed E-state index contributed by atoms with van der Waals surface area (Å²) in [5.74, 6) is 0.508. The van der Waals surface area contributed by atoms with Gasteiger partial charge in [0.2, 0.25) is 11.8 Å². The maximum absolute atomic E-state index is 13.4. The summed E-state index contributed by atoms with van der Waals surface area (Å²) in [5, 5.41) is 9.49. The van der Waals surface area contributed by atoms with Gasteiger partial charge in [0.15, 0.2) is 0 Å². The molecule has 1 unspecified atom stereocenters. The SMILES string of the molecule is Cc1cc(OCC2(CC(=O)N3CCN(C)CC3)CN(C(=O)Cn3nc4ccccc4n3)CCO2)ccc1Cl. The number of amides is 2. The maximum Gasteiger partial charge on any atom is 0.246 e.